The number of aromatic nitrogens is 1. The van der Waals surface area contributed by atoms with Gasteiger partial charge in [0.15, 0.2) is 0 Å². The van der Waals surface area contributed by atoms with Gasteiger partial charge >= 0.3 is 0 Å². The van der Waals surface area contributed by atoms with Crippen LogP contribution in [0.4, 0.5) is 0 Å². The number of aliphatic imine (C=N–C) groups is 1. The van der Waals surface area contributed by atoms with Crippen molar-refractivity contribution in [2.75, 3.05) is 27.9 Å². The summed E-state index contributed by atoms with van der Waals surface area (Å²) in [6.45, 7) is 0.832. The van der Waals surface area contributed by atoms with Crippen LogP contribution in [0.2, 0.25) is 0 Å². The quantitative estimate of drug-likeness (QED) is 0.721. The second kappa shape index (κ2) is 10.8. The summed E-state index contributed by atoms with van der Waals surface area (Å²) >= 11 is 0. The number of allylic oxidation sites excluding steroid dienone is 1. The molecule has 5 nitrogen and oxygen atoms in total. The molecule has 0 fully saturated rings. The fraction of sp³-hybridized carbons (Fsp3) is 0.300. The van der Waals surface area contributed by atoms with E-state index in [1.54, 1.807) is 27.5 Å². The Kier molecular flexibility index (Phi) is 9.12. The zero-order valence-corrected chi connectivity index (χ0v) is 17.2. The number of halogens is 2. The lowest BCUT2D eigenvalue weighted by molar-refractivity contribution is 0.374. The second-order valence-corrected chi connectivity index (χ2v) is 5.69. The summed E-state index contributed by atoms with van der Waals surface area (Å²) in [6, 6.07) is 7.68. The van der Waals surface area contributed by atoms with Crippen molar-refractivity contribution in [2.45, 2.75) is 12.8 Å². The van der Waals surface area contributed by atoms with E-state index in [0.717, 1.165) is 41.8 Å². The second-order valence-electron chi connectivity index (χ2n) is 5.69. The van der Waals surface area contributed by atoms with Gasteiger partial charge in [-0.2, -0.15) is 0 Å². The SMILES string of the molecule is COc1cc(OC)c(/C=C2\CCCN=C2c2cccnc2)c(OC)c1.Cl.Cl. The molecular formula is C20H24Cl2N2O3. The number of hydrogen-bond acceptors (Lipinski definition) is 5. The van der Waals surface area contributed by atoms with E-state index in [9.17, 15) is 0 Å². The van der Waals surface area contributed by atoms with Crippen molar-refractivity contribution in [1.29, 1.82) is 0 Å². The third-order valence-electron chi connectivity index (χ3n) is 4.19. The minimum absolute atomic E-state index is 0. The average Bonchev–Trinajstić information content (AvgIpc) is 2.69. The van der Waals surface area contributed by atoms with Crippen LogP contribution in [0.5, 0.6) is 17.2 Å². The standard InChI is InChI=1S/C20H22N2O3.2ClH/c1-23-16-11-18(24-2)17(19(12-16)25-3)10-14-6-5-9-22-20(14)15-7-4-8-21-13-15;;/h4,7-8,10-13H,5-6,9H2,1-3H3;2*1H/b14-10+;;. The Hall–Kier alpha value is -2.24. The Labute approximate surface area is 172 Å². The van der Waals surface area contributed by atoms with Gasteiger partial charge < -0.3 is 14.2 Å². The molecule has 0 atom stereocenters. The number of ether oxygens (including phenoxy) is 3. The Balaban J connectivity index is 0.00000182. The molecule has 7 heteroatoms. The summed E-state index contributed by atoms with van der Waals surface area (Å²) in [7, 11) is 4.92. The zero-order chi connectivity index (χ0) is 17.6. The van der Waals surface area contributed by atoms with Gasteiger partial charge in [-0.3, -0.25) is 9.98 Å². The first kappa shape index (κ1) is 22.8. The number of methoxy groups -OCH3 is 3. The van der Waals surface area contributed by atoms with Crippen LogP contribution in [0, 0.1) is 0 Å². The van der Waals surface area contributed by atoms with Crippen LogP contribution < -0.4 is 14.2 Å². The van der Waals surface area contributed by atoms with Gasteiger partial charge in [0.2, 0.25) is 0 Å². The van der Waals surface area contributed by atoms with E-state index < -0.39 is 0 Å². The van der Waals surface area contributed by atoms with E-state index in [1.165, 1.54) is 0 Å². The minimum atomic E-state index is 0. The third kappa shape index (κ3) is 5.15. The lowest BCUT2D eigenvalue weighted by Gasteiger charge is -2.18. The summed E-state index contributed by atoms with van der Waals surface area (Å²) < 4.78 is 16.4. The Morgan fingerprint density at radius 3 is 2.26 bits per heavy atom. The molecule has 146 valence electrons. The highest BCUT2D eigenvalue weighted by atomic mass is 35.5. The maximum atomic E-state index is 5.56. The Morgan fingerprint density at radius 1 is 1.00 bits per heavy atom. The zero-order valence-electron chi connectivity index (χ0n) is 15.6. The number of benzene rings is 1. The third-order valence-corrected chi connectivity index (χ3v) is 4.19. The highest BCUT2D eigenvalue weighted by molar-refractivity contribution is 6.15. The number of hydrogen-bond donors (Lipinski definition) is 0. The molecule has 1 aliphatic heterocycles. The molecule has 0 unspecified atom stereocenters. The maximum absolute atomic E-state index is 5.56. The molecule has 0 saturated carbocycles. The maximum Gasteiger partial charge on any atom is 0.133 e. The summed E-state index contributed by atoms with van der Waals surface area (Å²) in [4.78, 5) is 8.94. The van der Waals surface area contributed by atoms with E-state index in [4.69, 9.17) is 19.2 Å². The van der Waals surface area contributed by atoms with E-state index >= 15 is 0 Å². The van der Waals surface area contributed by atoms with Gasteiger partial charge in [-0.25, -0.2) is 0 Å². The summed E-state index contributed by atoms with van der Waals surface area (Å²) in [5.74, 6) is 2.11. The number of pyridine rings is 1. The van der Waals surface area contributed by atoms with Crippen molar-refractivity contribution in [2.24, 2.45) is 4.99 Å². The van der Waals surface area contributed by atoms with Gasteiger partial charge in [0.25, 0.3) is 0 Å². The molecule has 0 amide bonds. The molecule has 2 heterocycles. The lowest BCUT2D eigenvalue weighted by Crippen LogP contribution is -2.12. The number of nitrogens with zero attached hydrogens (tertiary/aromatic N) is 2. The fourth-order valence-electron chi connectivity index (χ4n) is 2.95. The molecule has 1 aliphatic rings. The molecule has 0 aliphatic carbocycles. The molecule has 0 N–H and O–H groups in total. The lowest BCUT2D eigenvalue weighted by atomic mass is 9.94. The largest absolute Gasteiger partial charge is 0.496 e. The van der Waals surface area contributed by atoms with Crippen molar-refractivity contribution in [1.82, 2.24) is 4.98 Å². The molecular weight excluding hydrogens is 387 g/mol. The van der Waals surface area contributed by atoms with Gasteiger partial charge in [-0.1, -0.05) is 0 Å². The van der Waals surface area contributed by atoms with Crippen LogP contribution in [0.25, 0.3) is 6.08 Å². The van der Waals surface area contributed by atoms with Gasteiger partial charge in [-0.05, 0) is 36.6 Å². The van der Waals surface area contributed by atoms with Crippen LogP contribution in [0.15, 0.2) is 47.2 Å². The molecule has 1 aromatic heterocycles. The van der Waals surface area contributed by atoms with E-state index in [0.29, 0.717) is 17.2 Å². The summed E-state index contributed by atoms with van der Waals surface area (Å²) in [5.41, 5.74) is 4.06. The average molecular weight is 411 g/mol. The summed E-state index contributed by atoms with van der Waals surface area (Å²) in [6.07, 6.45) is 7.69. The van der Waals surface area contributed by atoms with E-state index in [-0.39, 0.29) is 24.8 Å². The van der Waals surface area contributed by atoms with Crippen molar-refractivity contribution in [3.05, 3.63) is 53.4 Å². The van der Waals surface area contributed by atoms with Gasteiger partial charge in [0.1, 0.15) is 17.2 Å². The number of rotatable bonds is 5. The van der Waals surface area contributed by atoms with Crippen molar-refractivity contribution in [3.8, 4) is 17.2 Å². The molecule has 2 aromatic rings. The predicted molar refractivity (Wildman–Crippen MR) is 113 cm³/mol. The van der Waals surface area contributed by atoms with E-state index in [2.05, 4.69) is 11.1 Å². The smallest absolute Gasteiger partial charge is 0.133 e. The predicted octanol–water partition coefficient (Wildman–Crippen LogP) is 4.62. The minimum Gasteiger partial charge on any atom is -0.496 e. The van der Waals surface area contributed by atoms with Crippen LogP contribution in [-0.4, -0.2) is 38.6 Å². The normalized spacial score (nSPS) is 14.5. The first-order valence-corrected chi connectivity index (χ1v) is 8.22. The molecule has 1 aromatic carbocycles. The van der Waals surface area contributed by atoms with Crippen molar-refractivity contribution in [3.63, 3.8) is 0 Å². The molecule has 0 radical (unpaired) electrons. The first-order chi connectivity index (χ1) is 12.3. The summed E-state index contributed by atoms with van der Waals surface area (Å²) in [5, 5.41) is 0. The fourth-order valence-corrected chi connectivity index (χ4v) is 2.95. The van der Waals surface area contributed by atoms with Crippen LogP contribution in [0.1, 0.15) is 24.0 Å². The molecule has 3 rings (SSSR count). The Bertz CT molecular complexity index is 783. The Morgan fingerprint density at radius 2 is 1.70 bits per heavy atom. The molecule has 27 heavy (non-hydrogen) atoms. The van der Waals surface area contributed by atoms with Gasteiger partial charge in [0.05, 0.1) is 32.6 Å². The van der Waals surface area contributed by atoms with Crippen LogP contribution >= 0.6 is 24.8 Å². The van der Waals surface area contributed by atoms with Crippen molar-refractivity contribution >= 4 is 36.6 Å². The van der Waals surface area contributed by atoms with Gasteiger partial charge in [-0.15, -0.1) is 24.8 Å². The monoisotopic (exact) mass is 410 g/mol. The van der Waals surface area contributed by atoms with Crippen LogP contribution in [-0.2, 0) is 0 Å². The highest BCUT2D eigenvalue weighted by Crippen LogP contribution is 2.37. The highest BCUT2D eigenvalue weighted by Gasteiger charge is 2.18. The van der Waals surface area contributed by atoms with Crippen molar-refractivity contribution < 1.29 is 14.2 Å². The topological polar surface area (TPSA) is 52.9 Å². The molecule has 0 saturated heterocycles. The molecule has 0 spiro atoms. The first-order valence-electron chi connectivity index (χ1n) is 8.22. The van der Waals surface area contributed by atoms with Gasteiger partial charge in [0, 0.05) is 36.6 Å². The van der Waals surface area contributed by atoms with Crippen LogP contribution in [0.3, 0.4) is 0 Å². The molecule has 0 bridgehead atoms. The van der Waals surface area contributed by atoms with E-state index in [1.807, 2.05) is 30.5 Å².